The second kappa shape index (κ2) is 4.23. The monoisotopic (exact) mass is 242 g/mol. The van der Waals surface area contributed by atoms with Crippen molar-refractivity contribution < 1.29 is 8.81 Å². The van der Waals surface area contributed by atoms with Crippen LogP contribution in [-0.2, 0) is 0 Å². The summed E-state index contributed by atoms with van der Waals surface area (Å²) in [6, 6.07) is 9.79. The number of furan rings is 1. The normalized spacial score (nSPS) is 12.8. The molecule has 3 nitrogen and oxygen atoms in total. The number of benzene rings is 1. The zero-order valence-corrected chi connectivity index (χ0v) is 9.51. The Morgan fingerprint density at radius 3 is 2.67 bits per heavy atom. The Kier molecular flexibility index (Phi) is 2.57. The van der Waals surface area contributed by atoms with E-state index in [1.165, 1.54) is 6.07 Å². The van der Waals surface area contributed by atoms with Crippen LogP contribution in [0.15, 0.2) is 53.2 Å². The van der Waals surface area contributed by atoms with Crippen molar-refractivity contribution in [2.75, 3.05) is 0 Å². The molecule has 0 aliphatic carbocycles. The minimum absolute atomic E-state index is 0.247. The van der Waals surface area contributed by atoms with Gasteiger partial charge in [0.2, 0.25) is 0 Å². The van der Waals surface area contributed by atoms with Crippen molar-refractivity contribution in [3.63, 3.8) is 0 Å². The van der Waals surface area contributed by atoms with Crippen molar-refractivity contribution in [3.8, 4) is 0 Å². The average Bonchev–Trinajstić information content (AvgIpc) is 2.84. The molecule has 0 fully saturated rings. The molecule has 4 heteroatoms. The summed E-state index contributed by atoms with van der Waals surface area (Å²) in [6.07, 6.45) is 3.33. The van der Waals surface area contributed by atoms with Gasteiger partial charge in [-0.2, -0.15) is 0 Å². The molecule has 0 aliphatic heterocycles. The molecule has 2 N–H and O–H groups in total. The van der Waals surface area contributed by atoms with Gasteiger partial charge in [-0.15, -0.1) is 0 Å². The summed E-state index contributed by atoms with van der Waals surface area (Å²) in [5.74, 6) is 0.168. The predicted molar refractivity (Wildman–Crippen MR) is 66.4 cm³/mol. The highest BCUT2D eigenvalue weighted by Gasteiger charge is 2.15. The third kappa shape index (κ3) is 1.76. The van der Waals surface area contributed by atoms with Crippen LogP contribution >= 0.6 is 0 Å². The zero-order valence-electron chi connectivity index (χ0n) is 9.51. The quantitative estimate of drug-likeness (QED) is 0.751. The molecule has 1 aromatic carbocycles. The van der Waals surface area contributed by atoms with Crippen LogP contribution in [0.25, 0.3) is 11.0 Å². The minimum atomic E-state index is -0.417. The highest BCUT2D eigenvalue weighted by Crippen LogP contribution is 2.27. The number of pyridine rings is 1. The van der Waals surface area contributed by atoms with Gasteiger partial charge in [0, 0.05) is 17.8 Å². The number of hydrogen-bond donors (Lipinski definition) is 1. The van der Waals surface area contributed by atoms with E-state index in [9.17, 15) is 4.39 Å². The molecule has 18 heavy (non-hydrogen) atoms. The second-order valence-electron chi connectivity index (χ2n) is 4.07. The summed E-state index contributed by atoms with van der Waals surface area (Å²) >= 11 is 0. The van der Waals surface area contributed by atoms with E-state index < -0.39 is 6.04 Å². The Balaban J connectivity index is 2.07. The number of para-hydroxylation sites is 1. The Bertz CT molecular complexity index is 679. The molecule has 0 radical (unpaired) electrons. The first-order valence-corrected chi connectivity index (χ1v) is 5.59. The van der Waals surface area contributed by atoms with Crippen LogP contribution in [0.5, 0.6) is 0 Å². The minimum Gasteiger partial charge on any atom is -0.456 e. The van der Waals surface area contributed by atoms with E-state index in [0.29, 0.717) is 5.76 Å². The summed E-state index contributed by atoms with van der Waals surface area (Å²) in [7, 11) is 0. The van der Waals surface area contributed by atoms with Crippen LogP contribution in [0.4, 0.5) is 4.39 Å². The van der Waals surface area contributed by atoms with E-state index in [2.05, 4.69) is 4.98 Å². The predicted octanol–water partition coefficient (Wildman–Crippen LogP) is 3.02. The van der Waals surface area contributed by atoms with E-state index in [4.69, 9.17) is 10.2 Å². The SMILES string of the molecule is NC(c1ccncc1)c1cc2cccc(F)c2o1. The highest BCUT2D eigenvalue weighted by molar-refractivity contribution is 5.78. The molecule has 0 saturated heterocycles. The third-order valence-electron chi connectivity index (χ3n) is 2.89. The second-order valence-corrected chi connectivity index (χ2v) is 4.07. The Morgan fingerprint density at radius 1 is 1.17 bits per heavy atom. The lowest BCUT2D eigenvalue weighted by molar-refractivity contribution is 0.502. The molecule has 0 aliphatic rings. The van der Waals surface area contributed by atoms with Gasteiger partial charge in [0.05, 0.1) is 6.04 Å². The maximum absolute atomic E-state index is 13.5. The number of aromatic nitrogens is 1. The maximum Gasteiger partial charge on any atom is 0.169 e. The topological polar surface area (TPSA) is 52.0 Å². The maximum atomic E-state index is 13.5. The van der Waals surface area contributed by atoms with Gasteiger partial charge in [0.15, 0.2) is 11.4 Å². The zero-order chi connectivity index (χ0) is 12.5. The molecule has 1 atom stereocenters. The van der Waals surface area contributed by atoms with E-state index in [1.54, 1.807) is 30.6 Å². The summed E-state index contributed by atoms with van der Waals surface area (Å²) in [5, 5.41) is 0.717. The Hall–Kier alpha value is -2.20. The van der Waals surface area contributed by atoms with Crippen LogP contribution in [0, 0.1) is 5.82 Å². The lowest BCUT2D eigenvalue weighted by Gasteiger charge is -2.07. The largest absolute Gasteiger partial charge is 0.456 e. The highest BCUT2D eigenvalue weighted by atomic mass is 19.1. The van der Waals surface area contributed by atoms with E-state index >= 15 is 0 Å². The van der Waals surface area contributed by atoms with Crippen molar-refractivity contribution in [2.45, 2.75) is 6.04 Å². The number of nitrogens with two attached hydrogens (primary N) is 1. The van der Waals surface area contributed by atoms with Gasteiger partial charge >= 0.3 is 0 Å². The summed E-state index contributed by atoms with van der Waals surface area (Å²) in [4.78, 5) is 3.93. The van der Waals surface area contributed by atoms with Crippen molar-refractivity contribution in [1.82, 2.24) is 4.98 Å². The molecular formula is C14H11FN2O. The Morgan fingerprint density at radius 2 is 1.94 bits per heavy atom. The van der Waals surface area contributed by atoms with Gasteiger partial charge in [-0.05, 0) is 29.8 Å². The number of fused-ring (bicyclic) bond motifs is 1. The smallest absolute Gasteiger partial charge is 0.169 e. The molecule has 3 rings (SSSR count). The van der Waals surface area contributed by atoms with Crippen molar-refractivity contribution in [3.05, 3.63) is 65.9 Å². The molecule has 2 heterocycles. The first-order valence-electron chi connectivity index (χ1n) is 5.59. The van der Waals surface area contributed by atoms with E-state index in [1.807, 2.05) is 12.1 Å². The fourth-order valence-electron chi connectivity index (χ4n) is 1.94. The lowest BCUT2D eigenvalue weighted by Crippen LogP contribution is -2.10. The molecule has 1 unspecified atom stereocenters. The van der Waals surface area contributed by atoms with Gasteiger partial charge < -0.3 is 10.2 Å². The summed E-state index contributed by atoms with van der Waals surface area (Å²) in [5.41, 5.74) is 7.21. The first kappa shape index (κ1) is 10.9. The molecule has 2 aromatic heterocycles. The molecule has 0 bridgehead atoms. The van der Waals surface area contributed by atoms with Gasteiger partial charge in [-0.25, -0.2) is 4.39 Å². The number of rotatable bonds is 2. The third-order valence-corrected chi connectivity index (χ3v) is 2.89. The van der Waals surface area contributed by atoms with Crippen LogP contribution < -0.4 is 5.73 Å². The van der Waals surface area contributed by atoms with Crippen molar-refractivity contribution in [2.24, 2.45) is 5.73 Å². The summed E-state index contributed by atoms with van der Waals surface area (Å²) < 4.78 is 19.0. The van der Waals surface area contributed by atoms with Gasteiger partial charge in [0.1, 0.15) is 5.76 Å². The van der Waals surface area contributed by atoms with Crippen LogP contribution in [0.3, 0.4) is 0 Å². The fourth-order valence-corrected chi connectivity index (χ4v) is 1.94. The van der Waals surface area contributed by atoms with Crippen LogP contribution in [0.2, 0.25) is 0 Å². The van der Waals surface area contributed by atoms with Crippen LogP contribution in [0.1, 0.15) is 17.4 Å². The number of nitrogens with zero attached hydrogens (tertiary/aromatic N) is 1. The molecule has 90 valence electrons. The molecule has 0 spiro atoms. The standard InChI is InChI=1S/C14H11FN2O/c15-11-3-1-2-10-8-12(18-14(10)11)13(16)9-4-6-17-7-5-9/h1-8,13H,16H2. The van der Waals surface area contributed by atoms with Gasteiger partial charge in [0.25, 0.3) is 0 Å². The number of hydrogen-bond acceptors (Lipinski definition) is 3. The Labute approximate surface area is 103 Å². The van der Waals surface area contributed by atoms with Crippen LogP contribution in [-0.4, -0.2) is 4.98 Å². The van der Waals surface area contributed by atoms with Crippen molar-refractivity contribution in [1.29, 1.82) is 0 Å². The molecule has 3 aromatic rings. The molecule has 0 amide bonds. The average molecular weight is 242 g/mol. The summed E-state index contributed by atoms with van der Waals surface area (Å²) in [6.45, 7) is 0. The number of halogens is 1. The molecule has 0 saturated carbocycles. The van der Waals surface area contributed by atoms with Gasteiger partial charge in [-0.3, -0.25) is 4.98 Å². The molecular weight excluding hydrogens is 231 g/mol. The van der Waals surface area contributed by atoms with Gasteiger partial charge in [-0.1, -0.05) is 12.1 Å². The first-order chi connectivity index (χ1) is 8.75. The fraction of sp³-hybridized carbons (Fsp3) is 0.0714. The van der Waals surface area contributed by atoms with Crippen molar-refractivity contribution >= 4 is 11.0 Å². The van der Waals surface area contributed by atoms with E-state index in [0.717, 1.165) is 10.9 Å². The van der Waals surface area contributed by atoms with E-state index in [-0.39, 0.29) is 11.4 Å². The lowest BCUT2D eigenvalue weighted by atomic mass is 10.1.